The Balaban J connectivity index is 1.36. The van der Waals surface area contributed by atoms with Crippen molar-refractivity contribution in [3.63, 3.8) is 0 Å². The Morgan fingerprint density at radius 3 is 2.82 bits per heavy atom. The van der Waals surface area contributed by atoms with E-state index in [0.29, 0.717) is 12.8 Å². The number of likely N-dealkylation sites (tertiary alicyclic amines) is 1. The van der Waals surface area contributed by atoms with Crippen LogP contribution in [0.15, 0.2) is 18.2 Å². The van der Waals surface area contributed by atoms with Crippen molar-refractivity contribution >= 4 is 0 Å². The molecule has 4 heteroatoms. The molecule has 2 aliphatic heterocycles. The number of hydrogen-bond acceptors (Lipinski definition) is 4. The maximum atomic E-state index is 5.51. The lowest BCUT2D eigenvalue weighted by Gasteiger charge is -2.28. The van der Waals surface area contributed by atoms with E-state index >= 15 is 0 Å². The summed E-state index contributed by atoms with van der Waals surface area (Å²) in [6.07, 6.45) is 4.11. The fourth-order valence-corrected chi connectivity index (χ4v) is 3.54. The second kappa shape index (κ2) is 5.43. The van der Waals surface area contributed by atoms with Crippen LogP contribution in [0.1, 0.15) is 38.7 Å². The topological polar surface area (TPSA) is 33.7 Å². The number of fused-ring (bicyclic) bond motifs is 1. The van der Waals surface area contributed by atoms with Gasteiger partial charge in [-0.3, -0.25) is 4.90 Å². The van der Waals surface area contributed by atoms with Crippen molar-refractivity contribution in [2.24, 2.45) is 0 Å². The minimum absolute atomic E-state index is 0.0913. The third-order valence-electron chi connectivity index (χ3n) is 5.27. The molecule has 0 unspecified atom stereocenters. The quantitative estimate of drug-likeness (QED) is 0.906. The molecule has 1 aromatic rings. The Kier molecular flexibility index (Phi) is 3.54. The van der Waals surface area contributed by atoms with E-state index < -0.39 is 0 Å². The zero-order valence-electron chi connectivity index (χ0n) is 13.6. The normalized spacial score (nSPS) is 24.9. The average Bonchev–Trinajstić information content (AvgIpc) is 3.08. The first kappa shape index (κ1) is 14.3. The van der Waals surface area contributed by atoms with Crippen LogP contribution in [0.2, 0.25) is 0 Å². The van der Waals surface area contributed by atoms with Gasteiger partial charge in [-0.1, -0.05) is 19.9 Å². The molecule has 22 heavy (non-hydrogen) atoms. The van der Waals surface area contributed by atoms with E-state index in [0.717, 1.165) is 24.1 Å². The predicted molar refractivity (Wildman–Crippen MR) is 86.6 cm³/mol. The van der Waals surface area contributed by atoms with Gasteiger partial charge in [0.05, 0.1) is 0 Å². The predicted octanol–water partition coefficient (Wildman–Crippen LogP) is 2.52. The third-order valence-corrected chi connectivity index (χ3v) is 5.27. The van der Waals surface area contributed by atoms with Crippen LogP contribution in [-0.4, -0.2) is 43.4 Å². The highest BCUT2D eigenvalue weighted by Crippen LogP contribution is 2.36. The smallest absolute Gasteiger partial charge is 0.231 e. The van der Waals surface area contributed by atoms with Crippen LogP contribution in [0.5, 0.6) is 11.5 Å². The minimum Gasteiger partial charge on any atom is -0.454 e. The Labute approximate surface area is 132 Å². The highest BCUT2D eigenvalue weighted by Gasteiger charge is 2.35. The lowest BCUT2D eigenvalue weighted by Crippen LogP contribution is -2.40. The van der Waals surface area contributed by atoms with Crippen molar-refractivity contribution in [1.29, 1.82) is 0 Å². The zero-order valence-corrected chi connectivity index (χ0v) is 13.6. The number of hydrogen-bond donors (Lipinski definition) is 1. The average molecular weight is 302 g/mol. The summed E-state index contributed by atoms with van der Waals surface area (Å²) in [6, 6.07) is 7.88. The minimum atomic E-state index is 0.0913. The number of rotatable bonds is 5. The van der Waals surface area contributed by atoms with Crippen molar-refractivity contribution in [2.75, 3.05) is 26.4 Å². The SMILES string of the molecule is CC(C)(CN[C@@H]1CCN(C2CC2)C1)c1ccc2c(c1)OCO2. The molecule has 2 heterocycles. The molecule has 1 atom stereocenters. The van der Waals surface area contributed by atoms with E-state index in [2.05, 4.69) is 36.2 Å². The second-order valence-corrected chi connectivity index (χ2v) is 7.54. The number of ether oxygens (including phenoxy) is 2. The van der Waals surface area contributed by atoms with Gasteiger partial charge in [0.15, 0.2) is 11.5 Å². The van der Waals surface area contributed by atoms with Gasteiger partial charge in [0, 0.05) is 37.1 Å². The first-order valence-corrected chi connectivity index (χ1v) is 8.49. The summed E-state index contributed by atoms with van der Waals surface area (Å²) in [7, 11) is 0. The molecule has 1 saturated carbocycles. The Morgan fingerprint density at radius 1 is 1.18 bits per heavy atom. The van der Waals surface area contributed by atoms with Crippen LogP contribution in [0.25, 0.3) is 0 Å². The van der Waals surface area contributed by atoms with Crippen molar-refractivity contribution in [3.8, 4) is 11.5 Å². The van der Waals surface area contributed by atoms with Crippen molar-refractivity contribution in [2.45, 2.75) is 50.6 Å². The number of benzene rings is 1. The maximum Gasteiger partial charge on any atom is 0.231 e. The molecule has 4 nitrogen and oxygen atoms in total. The third kappa shape index (κ3) is 2.82. The van der Waals surface area contributed by atoms with Gasteiger partial charge in [0.25, 0.3) is 0 Å². The van der Waals surface area contributed by atoms with Crippen LogP contribution in [-0.2, 0) is 5.41 Å². The van der Waals surface area contributed by atoms with Gasteiger partial charge in [-0.05, 0) is 37.0 Å². The summed E-state index contributed by atoms with van der Waals surface area (Å²) >= 11 is 0. The van der Waals surface area contributed by atoms with E-state index in [1.165, 1.54) is 37.9 Å². The molecule has 4 rings (SSSR count). The first-order chi connectivity index (χ1) is 10.6. The monoisotopic (exact) mass is 302 g/mol. The van der Waals surface area contributed by atoms with Gasteiger partial charge < -0.3 is 14.8 Å². The van der Waals surface area contributed by atoms with Gasteiger partial charge in [-0.15, -0.1) is 0 Å². The van der Waals surface area contributed by atoms with E-state index in [1.807, 2.05) is 6.07 Å². The molecule has 1 N–H and O–H groups in total. The largest absolute Gasteiger partial charge is 0.454 e. The van der Waals surface area contributed by atoms with Gasteiger partial charge in [-0.25, -0.2) is 0 Å². The molecule has 1 saturated heterocycles. The summed E-state index contributed by atoms with van der Waals surface area (Å²) < 4.78 is 10.9. The number of nitrogens with one attached hydrogen (secondary N) is 1. The van der Waals surface area contributed by atoms with E-state index in [4.69, 9.17) is 9.47 Å². The maximum absolute atomic E-state index is 5.51. The molecular weight excluding hydrogens is 276 g/mol. The molecule has 0 aromatic heterocycles. The van der Waals surface area contributed by atoms with E-state index in [1.54, 1.807) is 0 Å². The van der Waals surface area contributed by atoms with E-state index in [-0.39, 0.29) is 5.41 Å². The molecule has 2 fully saturated rings. The molecule has 120 valence electrons. The van der Waals surface area contributed by atoms with Crippen LogP contribution in [0, 0.1) is 0 Å². The highest BCUT2D eigenvalue weighted by molar-refractivity contribution is 5.46. The molecule has 0 bridgehead atoms. The Hall–Kier alpha value is -1.26. The van der Waals surface area contributed by atoms with Crippen LogP contribution in [0.3, 0.4) is 0 Å². The lowest BCUT2D eigenvalue weighted by atomic mass is 9.84. The molecule has 0 radical (unpaired) electrons. The molecule has 0 amide bonds. The second-order valence-electron chi connectivity index (χ2n) is 7.54. The highest BCUT2D eigenvalue weighted by atomic mass is 16.7. The van der Waals surface area contributed by atoms with Gasteiger partial charge in [0.1, 0.15) is 0 Å². The Morgan fingerprint density at radius 2 is 2.00 bits per heavy atom. The van der Waals surface area contributed by atoms with Crippen molar-refractivity contribution in [3.05, 3.63) is 23.8 Å². The Bertz CT molecular complexity index is 554. The summed E-state index contributed by atoms with van der Waals surface area (Å²) in [5, 5.41) is 3.79. The van der Waals surface area contributed by atoms with E-state index in [9.17, 15) is 0 Å². The van der Waals surface area contributed by atoms with Crippen molar-refractivity contribution in [1.82, 2.24) is 10.2 Å². The first-order valence-electron chi connectivity index (χ1n) is 8.49. The molecule has 1 aliphatic carbocycles. The molecule has 3 aliphatic rings. The lowest BCUT2D eigenvalue weighted by molar-refractivity contribution is 0.174. The fourth-order valence-electron chi connectivity index (χ4n) is 3.54. The van der Waals surface area contributed by atoms with Crippen LogP contribution < -0.4 is 14.8 Å². The van der Waals surface area contributed by atoms with Crippen LogP contribution in [0.4, 0.5) is 0 Å². The van der Waals surface area contributed by atoms with Gasteiger partial charge in [0.2, 0.25) is 6.79 Å². The summed E-state index contributed by atoms with van der Waals surface area (Å²) in [4.78, 5) is 2.66. The summed E-state index contributed by atoms with van der Waals surface area (Å²) in [6.45, 7) is 8.43. The molecular formula is C18H26N2O2. The summed E-state index contributed by atoms with van der Waals surface area (Å²) in [5.74, 6) is 1.75. The number of nitrogens with zero attached hydrogens (tertiary/aromatic N) is 1. The van der Waals surface area contributed by atoms with Gasteiger partial charge >= 0.3 is 0 Å². The van der Waals surface area contributed by atoms with Crippen LogP contribution >= 0.6 is 0 Å². The standard InChI is InChI=1S/C18H26N2O2/c1-18(2,13-3-6-16-17(9-13)22-12-21-16)11-19-14-7-8-20(10-14)15-4-5-15/h3,6,9,14-15,19H,4-5,7-8,10-12H2,1-2H3/t14-/m1/s1. The molecule has 0 spiro atoms. The molecule has 1 aromatic carbocycles. The summed E-state index contributed by atoms with van der Waals surface area (Å²) in [5.41, 5.74) is 1.40. The zero-order chi connectivity index (χ0) is 15.2. The van der Waals surface area contributed by atoms with Crippen molar-refractivity contribution < 1.29 is 9.47 Å². The van der Waals surface area contributed by atoms with Gasteiger partial charge in [-0.2, -0.15) is 0 Å². The fraction of sp³-hybridized carbons (Fsp3) is 0.667.